The molecule has 0 saturated heterocycles. The van der Waals surface area contributed by atoms with E-state index in [-0.39, 0.29) is 0 Å². The van der Waals surface area contributed by atoms with Gasteiger partial charge in [-0.15, -0.1) is 0 Å². The van der Waals surface area contributed by atoms with Crippen LogP contribution in [0, 0.1) is 11.8 Å². The molecule has 58 valence electrons. The zero-order valence-corrected chi connectivity index (χ0v) is 7.03. The maximum atomic E-state index is 5.41. The topological polar surface area (TPSA) is 50.9 Å². The molecule has 0 amide bonds. The quantitative estimate of drug-likeness (QED) is 0.591. The molecule has 0 aliphatic carbocycles. The lowest BCUT2D eigenvalue weighted by atomic mass is 10.5. The summed E-state index contributed by atoms with van der Waals surface area (Å²) in [5.74, 6) is 5.85. The van der Waals surface area contributed by atoms with Crippen LogP contribution in [0.2, 0.25) is 0 Å². The van der Waals surface area contributed by atoms with Crippen molar-refractivity contribution in [3.63, 3.8) is 0 Å². The molecule has 1 heterocycles. The Morgan fingerprint density at radius 1 is 1.82 bits per heavy atom. The zero-order valence-electron chi connectivity index (χ0n) is 6.22. The van der Waals surface area contributed by atoms with Gasteiger partial charge in [0.2, 0.25) is 0 Å². The van der Waals surface area contributed by atoms with Gasteiger partial charge in [0.25, 0.3) is 0 Å². The van der Waals surface area contributed by atoms with Gasteiger partial charge >= 0.3 is 0 Å². The Balaban J connectivity index is 2.59. The summed E-state index contributed by atoms with van der Waals surface area (Å²) < 4.78 is 0. The van der Waals surface area contributed by atoms with Crippen LogP contribution in [0.5, 0.6) is 0 Å². The van der Waals surface area contributed by atoms with Crippen LogP contribution in [-0.2, 0) is 0 Å². The van der Waals surface area contributed by atoms with Crippen LogP contribution >= 0.6 is 11.3 Å². The summed E-state index contributed by atoms with van der Waals surface area (Å²) in [6, 6.07) is 0. The summed E-state index contributed by atoms with van der Waals surface area (Å²) in [4.78, 5) is 4.78. The molecule has 0 unspecified atom stereocenters. The van der Waals surface area contributed by atoms with Crippen LogP contribution in [-0.4, -0.2) is 18.6 Å². The van der Waals surface area contributed by atoms with E-state index < -0.39 is 0 Å². The summed E-state index contributed by atoms with van der Waals surface area (Å²) in [5, 5.41) is 3.49. The van der Waals surface area contributed by atoms with Crippen molar-refractivity contribution in [2.24, 2.45) is 0 Å². The number of hydrogen-bond donors (Lipinski definition) is 2. The molecule has 3 N–H and O–H groups in total. The van der Waals surface area contributed by atoms with Gasteiger partial charge in [0.15, 0.2) is 5.13 Å². The molecule has 0 aliphatic rings. The average molecular weight is 167 g/mol. The number of nitrogens with two attached hydrogens (primary N) is 1. The maximum absolute atomic E-state index is 5.41. The molecule has 1 aromatic rings. The highest BCUT2D eigenvalue weighted by Crippen LogP contribution is 2.11. The molecule has 0 saturated carbocycles. The van der Waals surface area contributed by atoms with Crippen LogP contribution in [0.3, 0.4) is 0 Å². The van der Waals surface area contributed by atoms with E-state index in [9.17, 15) is 0 Å². The van der Waals surface area contributed by atoms with E-state index >= 15 is 0 Å². The van der Waals surface area contributed by atoms with Gasteiger partial charge in [0.05, 0.1) is 17.6 Å². The van der Waals surface area contributed by atoms with Crippen molar-refractivity contribution in [1.82, 2.24) is 10.3 Å². The van der Waals surface area contributed by atoms with Gasteiger partial charge in [0.1, 0.15) is 0 Å². The highest BCUT2D eigenvalue weighted by molar-refractivity contribution is 7.15. The predicted octanol–water partition coefficient (Wildman–Crippen LogP) is 0.296. The number of anilines is 1. The first-order chi connectivity index (χ1) is 5.33. The fourth-order valence-electron chi connectivity index (χ4n) is 0.565. The fraction of sp³-hybridized carbons (Fsp3) is 0.286. The Morgan fingerprint density at radius 2 is 2.64 bits per heavy atom. The lowest BCUT2D eigenvalue weighted by Gasteiger charge is -1.80. The number of nitrogens with zero attached hydrogens (tertiary/aromatic N) is 1. The third-order valence-electron chi connectivity index (χ3n) is 1.00. The van der Waals surface area contributed by atoms with Crippen molar-refractivity contribution in [2.45, 2.75) is 0 Å². The molecular weight excluding hydrogens is 158 g/mol. The summed E-state index contributed by atoms with van der Waals surface area (Å²) in [6.07, 6.45) is 1.68. The second kappa shape index (κ2) is 3.96. The summed E-state index contributed by atoms with van der Waals surface area (Å²) in [5.41, 5.74) is 5.41. The predicted molar refractivity (Wildman–Crippen MR) is 47.3 cm³/mol. The van der Waals surface area contributed by atoms with Gasteiger partial charge in [-0.25, -0.2) is 4.98 Å². The molecule has 0 atom stereocenters. The van der Waals surface area contributed by atoms with Crippen molar-refractivity contribution >= 4 is 16.5 Å². The van der Waals surface area contributed by atoms with E-state index in [1.54, 1.807) is 6.20 Å². The second-order valence-electron chi connectivity index (χ2n) is 1.89. The second-order valence-corrected chi connectivity index (χ2v) is 2.96. The molecule has 3 nitrogen and oxygen atoms in total. The molecule has 4 heteroatoms. The van der Waals surface area contributed by atoms with Crippen molar-refractivity contribution in [3.05, 3.63) is 11.1 Å². The lowest BCUT2D eigenvalue weighted by molar-refractivity contribution is 0.938. The van der Waals surface area contributed by atoms with Crippen molar-refractivity contribution in [1.29, 1.82) is 0 Å². The Bertz CT molecular complexity index is 281. The maximum Gasteiger partial charge on any atom is 0.181 e. The number of rotatable bonds is 1. The summed E-state index contributed by atoms with van der Waals surface area (Å²) in [6.45, 7) is 0.692. The van der Waals surface area contributed by atoms with E-state index in [1.807, 2.05) is 7.05 Å². The van der Waals surface area contributed by atoms with Crippen molar-refractivity contribution in [3.8, 4) is 11.8 Å². The van der Waals surface area contributed by atoms with E-state index in [2.05, 4.69) is 22.1 Å². The fourth-order valence-corrected chi connectivity index (χ4v) is 1.12. The number of nitrogens with one attached hydrogen (secondary N) is 1. The van der Waals surface area contributed by atoms with Gasteiger partial charge in [-0.1, -0.05) is 23.2 Å². The third kappa shape index (κ3) is 2.58. The van der Waals surface area contributed by atoms with E-state index in [1.165, 1.54) is 11.3 Å². The highest BCUT2D eigenvalue weighted by atomic mass is 32.1. The van der Waals surface area contributed by atoms with Crippen molar-refractivity contribution in [2.75, 3.05) is 19.3 Å². The molecule has 0 bridgehead atoms. The number of thiazole rings is 1. The Morgan fingerprint density at radius 3 is 3.18 bits per heavy atom. The van der Waals surface area contributed by atoms with Gasteiger partial charge in [0, 0.05) is 0 Å². The molecule has 0 spiro atoms. The van der Waals surface area contributed by atoms with Crippen LogP contribution in [0.15, 0.2) is 6.20 Å². The Labute approximate surface area is 69.6 Å². The van der Waals surface area contributed by atoms with Gasteiger partial charge in [-0.05, 0) is 7.05 Å². The molecular formula is C7H9N3S. The zero-order chi connectivity index (χ0) is 8.10. The molecule has 0 fully saturated rings. The molecule has 0 aromatic carbocycles. The van der Waals surface area contributed by atoms with Crippen LogP contribution in [0.25, 0.3) is 0 Å². The minimum absolute atomic E-state index is 0.568. The minimum atomic E-state index is 0.568. The van der Waals surface area contributed by atoms with E-state index in [0.29, 0.717) is 11.7 Å². The first kappa shape index (κ1) is 8.05. The monoisotopic (exact) mass is 167 g/mol. The van der Waals surface area contributed by atoms with E-state index in [4.69, 9.17) is 5.73 Å². The smallest absolute Gasteiger partial charge is 0.181 e. The Hall–Kier alpha value is -1.05. The summed E-state index contributed by atoms with van der Waals surface area (Å²) >= 11 is 1.40. The number of aromatic nitrogens is 1. The van der Waals surface area contributed by atoms with E-state index in [0.717, 1.165) is 4.88 Å². The lowest BCUT2D eigenvalue weighted by Crippen LogP contribution is -2.04. The van der Waals surface area contributed by atoms with Crippen molar-refractivity contribution < 1.29 is 0 Å². The molecule has 0 aliphatic heterocycles. The molecule has 1 rings (SSSR count). The standard InChI is InChI=1S/C7H9N3S/c1-9-4-2-3-6-5-10-7(8)11-6/h5,9H,4H2,1H3,(H2,8,10). The third-order valence-corrected chi connectivity index (χ3v) is 1.74. The minimum Gasteiger partial charge on any atom is -0.375 e. The number of hydrogen-bond acceptors (Lipinski definition) is 4. The van der Waals surface area contributed by atoms with Gasteiger partial charge in [-0.2, -0.15) is 0 Å². The normalized spacial score (nSPS) is 8.82. The first-order valence-electron chi connectivity index (χ1n) is 3.17. The Kier molecular flexibility index (Phi) is 2.90. The van der Waals surface area contributed by atoms with Gasteiger partial charge in [-0.3, -0.25) is 0 Å². The van der Waals surface area contributed by atoms with Crippen LogP contribution < -0.4 is 11.1 Å². The molecule has 0 radical (unpaired) electrons. The largest absolute Gasteiger partial charge is 0.375 e. The molecule has 1 aromatic heterocycles. The van der Waals surface area contributed by atoms with Gasteiger partial charge < -0.3 is 11.1 Å². The van der Waals surface area contributed by atoms with Crippen LogP contribution in [0.1, 0.15) is 4.88 Å². The first-order valence-corrected chi connectivity index (χ1v) is 3.99. The highest BCUT2D eigenvalue weighted by Gasteiger charge is 1.91. The molecule has 11 heavy (non-hydrogen) atoms. The summed E-state index contributed by atoms with van der Waals surface area (Å²) in [7, 11) is 1.86. The van der Waals surface area contributed by atoms with Crippen LogP contribution in [0.4, 0.5) is 5.13 Å². The number of nitrogen functional groups attached to an aromatic ring is 1. The average Bonchev–Trinajstić information content (AvgIpc) is 2.37. The SMILES string of the molecule is CNCC#Cc1cnc(N)s1.